The second-order valence-corrected chi connectivity index (χ2v) is 5.26. The first-order chi connectivity index (χ1) is 8.65. The Balaban J connectivity index is 2.32. The second kappa shape index (κ2) is 8.48. The molecule has 1 N–H and O–H groups in total. The third-order valence-electron chi connectivity index (χ3n) is 3.35. The van der Waals surface area contributed by atoms with Crippen LogP contribution in [0.4, 0.5) is 0 Å². The molecule has 0 amide bonds. The van der Waals surface area contributed by atoms with Gasteiger partial charge in [-0.05, 0) is 39.3 Å². The zero-order valence-corrected chi connectivity index (χ0v) is 12.1. The molecule has 0 aliphatic carbocycles. The summed E-state index contributed by atoms with van der Waals surface area (Å²) in [4.78, 5) is 14.2. The van der Waals surface area contributed by atoms with E-state index in [2.05, 4.69) is 24.1 Å². The van der Waals surface area contributed by atoms with Gasteiger partial charge in [0.25, 0.3) is 0 Å². The highest BCUT2D eigenvalue weighted by atomic mass is 16.5. The van der Waals surface area contributed by atoms with Crippen molar-refractivity contribution in [1.82, 2.24) is 10.2 Å². The number of nitrogens with zero attached hydrogens (tertiary/aromatic N) is 1. The summed E-state index contributed by atoms with van der Waals surface area (Å²) >= 11 is 0. The number of likely N-dealkylation sites (tertiary alicyclic amines) is 1. The highest BCUT2D eigenvalue weighted by Gasteiger charge is 2.29. The van der Waals surface area contributed by atoms with Crippen LogP contribution in [0.25, 0.3) is 0 Å². The van der Waals surface area contributed by atoms with Crippen LogP contribution in [-0.2, 0) is 9.53 Å². The summed E-state index contributed by atoms with van der Waals surface area (Å²) in [6.07, 6.45) is 4.39. The maximum Gasteiger partial charge on any atom is 0.323 e. The Labute approximate surface area is 111 Å². The minimum Gasteiger partial charge on any atom is -0.465 e. The average molecular weight is 256 g/mol. The van der Waals surface area contributed by atoms with E-state index in [0.29, 0.717) is 12.6 Å². The summed E-state index contributed by atoms with van der Waals surface area (Å²) < 4.78 is 5.16. The molecule has 1 heterocycles. The summed E-state index contributed by atoms with van der Waals surface area (Å²) in [7, 11) is 0. The lowest BCUT2D eigenvalue weighted by atomic mass is 10.0. The summed E-state index contributed by atoms with van der Waals surface area (Å²) in [6.45, 7) is 9.71. The van der Waals surface area contributed by atoms with Crippen LogP contribution in [0.5, 0.6) is 0 Å². The number of nitrogens with one attached hydrogen (secondary N) is 1. The zero-order chi connectivity index (χ0) is 13.4. The van der Waals surface area contributed by atoms with Crippen LogP contribution >= 0.6 is 0 Å². The number of piperidine rings is 1. The molecule has 4 nitrogen and oxygen atoms in total. The molecule has 1 aliphatic rings. The largest absolute Gasteiger partial charge is 0.465 e. The van der Waals surface area contributed by atoms with Crippen LogP contribution < -0.4 is 5.32 Å². The Morgan fingerprint density at radius 2 is 2.22 bits per heavy atom. The number of esters is 1. The van der Waals surface area contributed by atoms with Crippen LogP contribution in [0.1, 0.15) is 46.5 Å². The normalized spacial score (nSPS) is 21.2. The standard InChI is InChI=1S/C14H28N2O2/c1-4-18-14(17)13-8-5-6-10-16(13)11-7-9-15-12(2)3/h12-13,15H,4-11H2,1-3H3. The van der Waals surface area contributed by atoms with Crippen LogP contribution in [0.15, 0.2) is 0 Å². The maximum atomic E-state index is 11.9. The molecule has 1 rings (SSSR count). The van der Waals surface area contributed by atoms with Gasteiger partial charge in [-0.2, -0.15) is 0 Å². The Morgan fingerprint density at radius 1 is 1.44 bits per heavy atom. The van der Waals surface area contributed by atoms with Gasteiger partial charge in [-0.3, -0.25) is 9.69 Å². The molecule has 1 atom stereocenters. The number of rotatable bonds is 7. The smallest absolute Gasteiger partial charge is 0.323 e. The molecule has 1 unspecified atom stereocenters. The number of ether oxygens (including phenoxy) is 1. The summed E-state index contributed by atoms with van der Waals surface area (Å²) in [6, 6.07) is 0.532. The third kappa shape index (κ3) is 5.36. The Kier molecular flexibility index (Phi) is 7.28. The summed E-state index contributed by atoms with van der Waals surface area (Å²) in [5.41, 5.74) is 0. The van der Waals surface area contributed by atoms with E-state index in [9.17, 15) is 4.79 Å². The van der Waals surface area contributed by atoms with E-state index in [4.69, 9.17) is 4.74 Å². The van der Waals surface area contributed by atoms with Gasteiger partial charge in [0, 0.05) is 12.6 Å². The van der Waals surface area contributed by atoms with Gasteiger partial charge in [-0.15, -0.1) is 0 Å². The van der Waals surface area contributed by atoms with Gasteiger partial charge in [0.1, 0.15) is 6.04 Å². The van der Waals surface area contributed by atoms with Crippen molar-refractivity contribution in [3.8, 4) is 0 Å². The van der Waals surface area contributed by atoms with Gasteiger partial charge in [-0.25, -0.2) is 0 Å². The fourth-order valence-corrected chi connectivity index (χ4v) is 2.44. The molecule has 0 aromatic carbocycles. The molecule has 0 radical (unpaired) electrons. The van der Waals surface area contributed by atoms with Crippen molar-refractivity contribution in [2.24, 2.45) is 0 Å². The van der Waals surface area contributed by atoms with Crippen LogP contribution in [-0.4, -0.2) is 49.2 Å². The first-order valence-electron chi connectivity index (χ1n) is 7.29. The van der Waals surface area contributed by atoms with E-state index in [0.717, 1.165) is 38.9 Å². The Bertz CT molecular complexity index is 244. The maximum absolute atomic E-state index is 11.9. The van der Waals surface area contributed by atoms with Crippen molar-refractivity contribution >= 4 is 5.97 Å². The molecule has 1 aliphatic heterocycles. The van der Waals surface area contributed by atoms with E-state index in [1.54, 1.807) is 0 Å². The SMILES string of the molecule is CCOC(=O)C1CCCCN1CCCNC(C)C. The molecule has 1 saturated heterocycles. The molecule has 4 heteroatoms. The molecule has 0 aromatic heterocycles. The summed E-state index contributed by atoms with van der Waals surface area (Å²) in [5, 5.41) is 3.41. The summed E-state index contributed by atoms with van der Waals surface area (Å²) in [5.74, 6) is -0.0333. The van der Waals surface area contributed by atoms with Crippen molar-refractivity contribution < 1.29 is 9.53 Å². The van der Waals surface area contributed by atoms with Gasteiger partial charge in [0.15, 0.2) is 0 Å². The van der Waals surface area contributed by atoms with Gasteiger partial charge in [0.05, 0.1) is 6.61 Å². The van der Waals surface area contributed by atoms with Gasteiger partial charge in [-0.1, -0.05) is 20.3 Å². The predicted molar refractivity (Wildman–Crippen MR) is 73.6 cm³/mol. The van der Waals surface area contributed by atoms with Crippen molar-refractivity contribution in [3.63, 3.8) is 0 Å². The van der Waals surface area contributed by atoms with Gasteiger partial charge in [0.2, 0.25) is 0 Å². The number of carbonyl (C=O) groups excluding carboxylic acids is 1. The van der Waals surface area contributed by atoms with Gasteiger partial charge >= 0.3 is 5.97 Å². The first kappa shape index (κ1) is 15.4. The lowest BCUT2D eigenvalue weighted by molar-refractivity contribution is -0.150. The molecule has 0 saturated carbocycles. The average Bonchev–Trinajstić information content (AvgIpc) is 2.35. The van der Waals surface area contributed by atoms with Crippen LogP contribution in [0.3, 0.4) is 0 Å². The zero-order valence-electron chi connectivity index (χ0n) is 12.1. The van der Waals surface area contributed by atoms with Crippen molar-refractivity contribution in [1.29, 1.82) is 0 Å². The topological polar surface area (TPSA) is 41.6 Å². The minimum atomic E-state index is -0.0333. The molecule has 18 heavy (non-hydrogen) atoms. The van der Waals surface area contributed by atoms with Crippen molar-refractivity contribution in [2.75, 3.05) is 26.2 Å². The highest BCUT2D eigenvalue weighted by Crippen LogP contribution is 2.18. The quantitative estimate of drug-likeness (QED) is 0.557. The number of hydrogen-bond donors (Lipinski definition) is 1. The molecular formula is C14H28N2O2. The lowest BCUT2D eigenvalue weighted by Crippen LogP contribution is -2.46. The molecule has 106 valence electrons. The number of hydrogen-bond acceptors (Lipinski definition) is 4. The first-order valence-corrected chi connectivity index (χ1v) is 7.29. The third-order valence-corrected chi connectivity index (χ3v) is 3.35. The van der Waals surface area contributed by atoms with Crippen molar-refractivity contribution in [2.45, 2.75) is 58.5 Å². The van der Waals surface area contributed by atoms with Crippen LogP contribution in [0.2, 0.25) is 0 Å². The van der Waals surface area contributed by atoms with E-state index < -0.39 is 0 Å². The second-order valence-electron chi connectivity index (χ2n) is 5.26. The molecular weight excluding hydrogens is 228 g/mol. The number of carbonyl (C=O) groups is 1. The highest BCUT2D eigenvalue weighted by molar-refractivity contribution is 5.75. The van der Waals surface area contributed by atoms with Gasteiger partial charge < -0.3 is 10.1 Å². The monoisotopic (exact) mass is 256 g/mol. The van der Waals surface area contributed by atoms with Crippen LogP contribution in [0, 0.1) is 0 Å². The molecule has 1 fully saturated rings. The molecule has 0 aromatic rings. The minimum absolute atomic E-state index is 0.00208. The van der Waals surface area contributed by atoms with E-state index >= 15 is 0 Å². The van der Waals surface area contributed by atoms with Crippen molar-refractivity contribution in [3.05, 3.63) is 0 Å². The Hall–Kier alpha value is -0.610. The molecule has 0 bridgehead atoms. The predicted octanol–water partition coefficient (Wildman–Crippen LogP) is 1.79. The van der Waals surface area contributed by atoms with E-state index in [-0.39, 0.29) is 12.0 Å². The molecule has 0 spiro atoms. The fraction of sp³-hybridized carbons (Fsp3) is 0.929. The van der Waals surface area contributed by atoms with E-state index in [1.165, 1.54) is 6.42 Å². The Morgan fingerprint density at radius 3 is 2.89 bits per heavy atom. The fourth-order valence-electron chi connectivity index (χ4n) is 2.44. The van der Waals surface area contributed by atoms with E-state index in [1.807, 2.05) is 6.92 Å². The lowest BCUT2D eigenvalue weighted by Gasteiger charge is -2.34.